The summed E-state index contributed by atoms with van der Waals surface area (Å²) >= 11 is 0. The van der Waals surface area contributed by atoms with E-state index < -0.39 is 0 Å². The fraction of sp³-hybridized carbons (Fsp3) is 0.250. The van der Waals surface area contributed by atoms with Crippen molar-refractivity contribution in [1.29, 1.82) is 0 Å². The minimum atomic E-state index is -0.100. The van der Waals surface area contributed by atoms with Gasteiger partial charge in [0.05, 0.1) is 11.7 Å². The Morgan fingerprint density at radius 3 is 2.85 bits per heavy atom. The van der Waals surface area contributed by atoms with Crippen LogP contribution in [0.3, 0.4) is 0 Å². The smallest absolute Gasteiger partial charge is 0.241 e. The van der Waals surface area contributed by atoms with Crippen LogP contribution in [0.2, 0.25) is 0 Å². The third-order valence-electron chi connectivity index (χ3n) is 4.68. The molecular weight excluding hydrogens is 326 g/mol. The second-order valence-corrected chi connectivity index (χ2v) is 6.47. The molecule has 2 aromatic heterocycles. The Morgan fingerprint density at radius 2 is 2.04 bits per heavy atom. The number of carbonyl (C=O) groups is 1. The highest BCUT2D eigenvalue weighted by Crippen LogP contribution is 2.22. The van der Waals surface area contributed by atoms with Crippen LogP contribution in [0, 0.1) is 0 Å². The SMILES string of the molecule is O=C(Nc1cccc(-n2cccn2)c1)C1CCCN1Cc1ccncc1. The largest absolute Gasteiger partial charge is 0.325 e. The van der Waals surface area contributed by atoms with Gasteiger partial charge in [-0.05, 0) is 61.3 Å². The van der Waals surface area contributed by atoms with Gasteiger partial charge in [0, 0.05) is 37.0 Å². The zero-order valence-corrected chi connectivity index (χ0v) is 14.5. The second kappa shape index (κ2) is 7.49. The molecule has 1 N–H and O–H groups in total. The van der Waals surface area contributed by atoms with Gasteiger partial charge in [0.2, 0.25) is 5.91 Å². The molecule has 0 bridgehead atoms. The van der Waals surface area contributed by atoms with Gasteiger partial charge in [0.1, 0.15) is 0 Å². The van der Waals surface area contributed by atoms with E-state index in [2.05, 4.69) is 20.3 Å². The molecule has 1 unspecified atom stereocenters. The molecule has 1 atom stereocenters. The van der Waals surface area contributed by atoms with Gasteiger partial charge >= 0.3 is 0 Å². The molecule has 0 radical (unpaired) electrons. The van der Waals surface area contributed by atoms with Crippen LogP contribution < -0.4 is 5.32 Å². The van der Waals surface area contributed by atoms with Crippen molar-refractivity contribution in [2.45, 2.75) is 25.4 Å². The summed E-state index contributed by atoms with van der Waals surface area (Å²) in [4.78, 5) is 19.1. The number of benzene rings is 1. The first-order valence-electron chi connectivity index (χ1n) is 8.83. The number of hydrogen-bond acceptors (Lipinski definition) is 4. The van der Waals surface area contributed by atoms with Crippen molar-refractivity contribution in [2.75, 3.05) is 11.9 Å². The number of nitrogens with zero attached hydrogens (tertiary/aromatic N) is 4. The monoisotopic (exact) mass is 347 g/mol. The molecule has 6 nitrogen and oxygen atoms in total. The lowest BCUT2D eigenvalue weighted by Gasteiger charge is -2.23. The minimum Gasteiger partial charge on any atom is -0.325 e. The first kappa shape index (κ1) is 16.5. The zero-order valence-electron chi connectivity index (χ0n) is 14.5. The number of carbonyl (C=O) groups excluding carboxylic acids is 1. The van der Waals surface area contributed by atoms with Crippen LogP contribution in [0.5, 0.6) is 0 Å². The van der Waals surface area contributed by atoms with E-state index in [1.54, 1.807) is 23.3 Å². The molecule has 1 fully saturated rings. The topological polar surface area (TPSA) is 63.1 Å². The number of nitrogens with one attached hydrogen (secondary N) is 1. The third kappa shape index (κ3) is 3.65. The lowest BCUT2D eigenvalue weighted by molar-refractivity contribution is -0.120. The lowest BCUT2D eigenvalue weighted by atomic mass is 10.1. The Bertz CT molecular complexity index is 863. The van der Waals surface area contributed by atoms with Crippen LogP contribution in [0.4, 0.5) is 5.69 Å². The van der Waals surface area contributed by atoms with Crippen molar-refractivity contribution in [3.05, 3.63) is 72.8 Å². The van der Waals surface area contributed by atoms with Gasteiger partial charge in [0.25, 0.3) is 0 Å². The summed E-state index contributed by atoms with van der Waals surface area (Å²) in [5.41, 5.74) is 2.90. The maximum Gasteiger partial charge on any atom is 0.241 e. The molecule has 6 heteroatoms. The van der Waals surface area contributed by atoms with Crippen molar-refractivity contribution >= 4 is 11.6 Å². The standard InChI is InChI=1S/C20H21N5O/c26-20(19-6-2-12-24(19)15-16-7-10-21-11-8-16)23-17-4-1-5-18(14-17)25-13-3-9-22-25/h1,3-5,7-11,13-14,19H,2,6,12,15H2,(H,23,26). The molecule has 3 aromatic rings. The van der Waals surface area contributed by atoms with Crippen LogP contribution in [0.1, 0.15) is 18.4 Å². The average molecular weight is 347 g/mol. The maximum atomic E-state index is 12.8. The molecule has 4 rings (SSSR count). The molecule has 0 aliphatic carbocycles. The predicted octanol–water partition coefficient (Wildman–Crippen LogP) is 2.87. The molecule has 1 amide bonds. The van der Waals surface area contributed by atoms with Gasteiger partial charge in [-0.1, -0.05) is 6.07 Å². The molecule has 1 aliphatic rings. The molecule has 0 spiro atoms. The summed E-state index contributed by atoms with van der Waals surface area (Å²) in [6.07, 6.45) is 9.13. The normalized spacial score (nSPS) is 17.3. The quantitative estimate of drug-likeness (QED) is 0.771. The van der Waals surface area contributed by atoms with E-state index in [0.29, 0.717) is 0 Å². The van der Waals surface area contributed by atoms with Crippen LogP contribution in [0.15, 0.2) is 67.3 Å². The van der Waals surface area contributed by atoms with Gasteiger partial charge in [-0.15, -0.1) is 0 Å². The van der Waals surface area contributed by atoms with E-state index >= 15 is 0 Å². The van der Waals surface area contributed by atoms with Crippen molar-refractivity contribution < 1.29 is 4.79 Å². The molecule has 1 aliphatic heterocycles. The summed E-state index contributed by atoms with van der Waals surface area (Å²) < 4.78 is 1.78. The number of rotatable bonds is 5. The van der Waals surface area contributed by atoms with Crippen LogP contribution in [-0.4, -0.2) is 38.2 Å². The van der Waals surface area contributed by atoms with E-state index in [1.807, 2.05) is 48.7 Å². The summed E-state index contributed by atoms with van der Waals surface area (Å²) in [5.74, 6) is 0.0502. The molecule has 132 valence electrons. The Labute approximate surface area is 152 Å². The summed E-state index contributed by atoms with van der Waals surface area (Å²) in [7, 11) is 0. The Balaban J connectivity index is 1.45. The first-order chi connectivity index (χ1) is 12.8. The van der Waals surface area contributed by atoms with Crippen molar-refractivity contribution in [1.82, 2.24) is 19.7 Å². The lowest BCUT2D eigenvalue weighted by Crippen LogP contribution is -2.39. The Morgan fingerprint density at radius 1 is 1.15 bits per heavy atom. The van der Waals surface area contributed by atoms with E-state index in [9.17, 15) is 4.79 Å². The molecule has 1 aromatic carbocycles. The van der Waals surface area contributed by atoms with Gasteiger partial charge in [-0.3, -0.25) is 14.7 Å². The van der Waals surface area contributed by atoms with Crippen LogP contribution in [-0.2, 0) is 11.3 Å². The minimum absolute atomic E-state index is 0.0502. The van der Waals surface area contributed by atoms with Crippen molar-refractivity contribution in [3.8, 4) is 5.69 Å². The third-order valence-corrected chi connectivity index (χ3v) is 4.68. The van der Waals surface area contributed by atoms with E-state index in [0.717, 1.165) is 37.3 Å². The van der Waals surface area contributed by atoms with E-state index in [-0.39, 0.29) is 11.9 Å². The molecule has 3 heterocycles. The number of likely N-dealkylation sites (tertiary alicyclic amines) is 1. The number of pyridine rings is 1. The number of aromatic nitrogens is 3. The number of amides is 1. The van der Waals surface area contributed by atoms with Gasteiger partial charge in [-0.25, -0.2) is 4.68 Å². The average Bonchev–Trinajstić information content (AvgIpc) is 3.35. The molecule has 26 heavy (non-hydrogen) atoms. The summed E-state index contributed by atoms with van der Waals surface area (Å²) in [5, 5.41) is 7.30. The fourth-order valence-electron chi connectivity index (χ4n) is 3.41. The highest BCUT2D eigenvalue weighted by molar-refractivity contribution is 5.95. The summed E-state index contributed by atoms with van der Waals surface area (Å²) in [6, 6.07) is 13.5. The van der Waals surface area contributed by atoms with Gasteiger partial charge in [0.15, 0.2) is 0 Å². The highest BCUT2D eigenvalue weighted by Gasteiger charge is 2.30. The van der Waals surface area contributed by atoms with Gasteiger partial charge in [-0.2, -0.15) is 5.10 Å². The fourth-order valence-corrected chi connectivity index (χ4v) is 3.41. The molecule has 1 saturated heterocycles. The zero-order chi connectivity index (χ0) is 17.8. The number of anilines is 1. The van der Waals surface area contributed by atoms with Crippen molar-refractivity contribution in [2.24, 2.45) is 0 Å². The van der Waals surface area contributed by atoms with Crippen LogP contribution in [0.25, 0.3) is 5.69 Å². The maximum absolute atomic E-state index is 12.8. The predicted molar refractivity (Wildman–Crippen MR) is 99.9 cm³/mol. The van der Waals surface area contributed by atoms with E-state index in [1.165, 1.54) is 5.56 Å². The Hall–Kier alpha value is -2.99. The van der Waals surface area contributed by atoms with E-state index in [4.69, 9.17) is 0 Å². The second-order valence-electron chi connectivity index (χ2n) is 6.47. The Kier molecular flexibility index (Phi) is 4.75. The first-order valence-corrected chi connectivity index (χ1v) is 8.83. The molecule has 0 saturated carbocycles. The molecular formula is C20H21N5O. The summed E-state index contributed by atoms with van der Waals surface area (Å²) in [6.45, 7) is 1.71. The van der Waals surface area contributed by atoms with Gasteiger partial charge < -0.3 is 5.32 Å². The van der Waals surface area contributed by atoms with Crippen LogP contribution >= 0.6 is 0 Å². The van der Waals surface area contributed by atoms with Crippen molar-refractivity contribution in [3.63, 3.8) is 0 Å². The highest BCUT2D eigenvalue weighted by atomic mass is 16.2. The number of hydrogen-bond donors (Lipinski definition) is 1.